The van der Waals surface area contributed by atoms with Gasteiger partial charge in [0.05, 0.1) is 30.9 Å². The Morgan fingerprint density at radius 2 is 1.77 bits per heavy atom. The number of likely N-dealkylation sites (tertiary alicyclic amines) is 1. The average molecular weight is 441 g/mol. The summed E-state index contributed by atoms with van der Waals surface area (Å²) < 4.78 is 69.9. The van der Waals surface area contributed by atoms with Crippen molar-refractivity contribution < 1.29 is 41.7 Å². The molecule has 31 heavy (non-hydrogen) atoms. The molecule has 0 saturated carbocycles. The van der Waals surface area contributed by atoms with Crippen LogP contribution in [0.1, 0.15) is 11.1 Å². The molecule has 1 aliphatic heterocycles. The van der Waals surface area contributed by atoms with Crippen LogP contribution in [0.15, 0.2) is 42.5 Å². The smallest absolute Gasteiger partial charge is 0.417 e. The highest BCUT2D eigenvalue weighted by molar-refractivity contribution is 5.94. The Hall–Kier alpha value is -3.16. The number of hydrogen-bond acceptors (Lipinski definition) is 4. The second kappa shape index (κ2) is 8.91. The van der Waals surface area contributed by atoms with Crippen molar-refractivity contribution in [2.24, 2.45) is 0 Å². The summed E-state index contributed by atoms with van der Waals surface area (Å²) in [6, 6.07) is 8.02. The molecule has 1 aliphatic rings. The SMILES string of the molecule is O=C(C#Cc1ccc(-c2cccc(OC(F)F)c2)c(C(F)(F)F)c1)N1C[C@@H](O)[C@@H](O)C1. The predicted molar refractivity (Wildman–Crippen MR) is 99.0 cm³/mol. The van der Waals surface area contributed by atoms with E-state index in [0.717, 1.165) is 23.1 Å². The van der Waals surface area contributed by atoms with Crippen LogP contribution in [0.25, 0.3) is 11.1 Å². The molecule has 2 N–H and O–H groups in total. The molecule has 2 aromatic carbocycles. The van der Waals surface area contributed by atoms with Crippen molar-refractivity contribution in [3.05, 3.63) is 53.6 Å². The highest BCUT2D eigenvalue weighted by atomic mass is 19.4. The number of hydrogen-bond donors (Lipinski definition) is 2. The molecule has 3 rings (SSSR count). The number of benzene rings is 2. The topological polar surface area (TPSA) is 70.0 Å². The van der Waals surface area contributed by atoms with Crippen LogP contribution in [0.2, 0.25) is 0 Å². The normalized spacial score (nSPS) is 18.6. The summed E-state index contributed by atoms with van der Waals surface area (Å²) in [5.41, 5.74) is -1.41. The van der Waals surface area contributed by atoms with Crippen LogP contribution in [-0.2, 0) is 11.0 Å². The van der Waals surface area contributed by atoms with Gasteiger partial charge in [0.25, 0.3) is 5.91 Å². The summed E-state index contributed by atoms with van der Waals surface area (Å²) in [6.07, 6.45) is -6.99. The van der Waals surface area contributed by atoms with Crippen molar-refractivity contribution in [1.82, 2.24) is 4.90 Å². The van der Waals surface area contributed by atoms with Gasteiger partial charge in [0, 0.05) is 11.5 Å². The summed E-state index contributed by atoms with van der Waals surface area (Å²) >= 11 is 0. The second-order valence-electron chi connectivity index (χ2n) is 6.76. The third-order valence-corrected chi connectivity index (χ3v) is 4.56. The van der Waals surface area contributed by atoms with Crippen molar-refractivity contribution >= 4 is 5.91 Å². The molecule has 1 amide bonds. The lowest BCUT2D eigenvalue weighted by atomic mass is 9.97. The fourth-order valence-electron chi connectivity index (χ4n) is 3.09. The number of nitrogens with zero attached hydrogens (tertiary/aromatic N) is 1. The minimum Gasteiger partial charge on any atom is -0.435 e. The van der Waals surface area contributed by atoms with E-state index in [-0.39, 0.29) is 35.5 Å². The largest absolute Gasteiger partial charge is 0.435 e. The predicted octanol–water partition coefficient (Wildman–Crippen LogP) is 2.89. The summed E-state index contributed by atoms with van der Waals surface area (Å²) in [5, 5.41) is 18.9. The summed E-state index contributed by atoms with van der Waals surface area (Å²) in [6.45, 7) is -3.37. The van der Waals surface area contributed by atoms with Crippen LogP contribution in [0, 0.1) is 11.8 Å². The summed E-state index contributed by atoms with van der Waals surface area (Å²) in [5.74, 6) is 3.51. The lowest BCUT2D eigenvalue weighted by Crippen LogP contribution is -2.28. The minimum atomic E-state index is -4.78. The summed E-state index contributed by atoms with van der Waals surface area (Å²) in [7, 11) is 0. The number of aliphatic hydroxyl groups is 2. The van der Waals surface area contributed by atoms with Gasteiger partial charge in [-0.05, 0) is 35.4 Å². The maximum absolute atomic E-state index is 13.6. The number of carbonyl (C=O) groups excluding carboxylic acids is 1. The maximum atomic E-state index is 13.6. The molecule has 0 unspecified atom stereocenters. The van der Waals surface area contributed by atoms with Crippen LogP contribution >= 0.6 is 0 Å². The van der Waals surface area contributed by atoms with E-state index in [1.165, 1.54) is 24.3 Å². The fourth-order valence-corrected chi connectivity index (χ4v) is 3.09. The molecular formula is C21H16F5NO4. The molecule has 1 saturated heterocycles. The standard InChI is InChI=1S/C21H16F5NO4/c22-20(23)31-14-3-1-2-13(9-14)15-6-4-12(8-16(15)21(24,25)26)5-7-19(30)27-10-17(28)18(29)11-27/h1-4,6,8-9,17-18,20,28-29H,10-11H2/t17-,18+. The molecule has 0 spiro atoms. The summed E-state index contributed by atoms with van der Waals surface area (Å²) in [4.78, 5) is 13.1. The molecule has 2 atom stereocenters. The van der Waals surface area contributed by atoms with Gasteiger partial charge in [-0.3, -0.25) is 4.79 Å². The van der Waals surface area contributed by atoms with E-state index >= 15 is 0 Å². The van der Waals surface area contributed by atoms with E-state index in [1.807, 2.05) is 0 Å². The van der Waals surface area contributed by atoms with Crippen LogP contribution in [0.4, 0.5) is 22.0 Å². The quantitative estimate of drug-likeness (QED) is 0.568. The fraction of sp³-hybridized carbons (Fsp3) is 0.286. The first-order valence-corrected chi connectivity index (χ1v) is 8.98. The van der Waals surface area contributed by atoms with Crippen molar-refractivity contribution in [3.8, 4) is 28.7 Å². The van der Waals surface area contributed by atoms with Crippen molar-refractivity contribution in [1.29, 1.82) is 0 Å². The monoisotopic (exact) mass is 441 g/mol. The molecule has 1 heterocycles. The van der Waals surface area contributed by atoms with E-state index in [4.69, 9.17) is 0 Å². The number of carbonyl (C=O) groups is 1. The molecule has 0 aliphatic carbocycles. The molecular weight excluding hydrogens is 425 g/mol. The van der Waals surface area contributed by atoms with Gasteiger partial charge in [-0.25, -0.2) is 0 Å². The minimum absolute atomic E-state index is 0.0149. The Labute approximate surface area is 173 Å². The van der Waals surface area contributed by atoms with Crippen LogP contribution in [0.5, 0.6) is 5.75 Å². The number of halogens is 5. The van der Waals surface area contributed by atoms with Crippen LogP contribution < -0.4 is 4.74 Å². The Kier molecular flexibility index (Phi) is 6.48. The van der Waals surface area contributed by atoms with E-state index in [1.54, 1.807) is 0 Å². The molecule has 0 radical (unpaired) electrons. The Morgan fingerprint density at radius 1 is 1.10 bits per heavy atom. The van der Waals surface area contributed by atoms with Crippen molar-refractivity contribution in [2.75, 3.05) is 13.1 Å². The van der Waals surface area contributed by atoms with E-state index in [0.29, 0.717) is 0 Å². The van der Waals surface area contributed by atoms with Gasteiger partial charge in [-0.1, -0.05) is 24.1 Å². The molecule has 0 aromatic heterocycles. The Bertz CT molecular complexity index is 1020. The van der Waals surface area contributed by atoms with Gasteiger partial charge < -0.3 is 19.8 Å². The zero-order valence-electron chi connectivity index (χ0n) is 15.7. The van der Waals surface area contributed by atoms with Gasteiger partial charge in [-0.15, -0.1) is 0 Å². The number of amides is 1. The van der Waals surface area contributed by atoms with Crippen LogP contribution in [-0.4, -0.2) is 52.9 Å². The average Bonchev–Trinajstić information content (AvgIpc) is 3.03. The highest BCUT2D eigenvalue weighted by Gasteiger charge is 2.34. The van der Waals surface area contributed by atoms with E-state index in [2.05, 4.69) is 16.6 Å². The zero-order valence-corrected chi connectivity index (χ0v) is 15.7. The number of ether oxygens (including phenoxy) is 1. The molecule has 2 aromatic rings. The van der Waals surface area contributed by atoms with Gasteiger partial charge >= 0.3 is 12.8 Å². The maximum Gasteiger partial charge on any atom is 0.417 e. The van der Waals surface area contributed by atoms with E-state index < -0.39 is 36.5 Å². The third-order valence-electron chi connectivity index (χ3n) is 4.56. The second-order valence-corrected chi connectivity index (χ2v) is 6.76. The van der Waals surface area contributed by atoms with Gasteiger partial charge in [0.1, 0.15) is 5.75 Å². The molecule has 0 bridgehead atoms. The first-order chi connectivity index (χ1) is 14.5. The molecule has 1 fully saturated rings. The first-order valence-electron chi connectivity index (χ1n) is 8.98. The lowest BCUT2D eigenvalue weighted by molar-refractivity contribution is -0.137. The van der Waals surface area contributed by atoms with Gasteiger partial charge in [0.15, 0.2) is 0 Å². The number of aliphatic hydroxyl groups excluding tert-OH is 2. The van der Waals surface area contributed by atoms with Crippen LogP contribution in [0.3, 0.4) is 0 Å². The van der Waals surface area contributed by atoms with Crippen molar-refractivity contribution in [2.45, 2.75) is 25.0 Å². The lowest BCUT2D eigenvalue weighted by Gasteiger charge is -2.14. The number of rotatable bonds is 3. The Morgan fingerprint density at radius 3 is 2.39 bits per heavy atom. The van der Waals surface area contributed by atoms with Gasteiger partial charge in [-0.2, -0.15) is 22.0 Å². The molecule has 5 nitrogen and oxygen atoms in total. The molecule has 164 valence electrons. The van der Waals surface area contributed by atoms with Crippen molar-refractivity contribution in [3.63, 3.8) is 0 Å². The first kappa shape index (κ1) is 22.5. The Balaban J connectivity index is 1.91. The zero-order chi connectivity index (χ0) is 22.8. The number of β-amino-alcohol motifs (C(OH)–C–C–N with tert-alkyl or cyclic N) is 2. The highest BCUT2D eigenvalue weighted by Crippen LogP contribution is 2.38. The van der Waals surface area contributed by atoms with Gasteiger partial charge in [0.2, 0.25) is 0 Å². The number of alkyl halides is 5. The third kappa shape index (κ3) is 5.51. The van der Waals surface area contributed by atoms with E-state index in [9.17, 15) is 37.0 Å². The molecule has 10 heteroatoms.